The topological polar surface area (TPSA) is 80.5 Å². The van der Waals surface area contributed by atoms with Gasteiger partial charge in [-0.15, -0.1) is 11.3 Å². The highest BCUT2D eigenvalue weighted by molar-refractivity contribution is 7.07. The fraction of sp³-hybridized carbons (Fsp3) is 0.207. The summed E-state index contributed by atoms with van der Waals surface area (Å²) in [7, 11) is 0. The summed E-state index contributed by atoms with van der Waals surface area (Å²) in [6, 6.07) is 20.3. The van der Waals surface area contributed by atoms with Crippen LogP contribution in [-0.2, 0) is 9.53 Å². The molecule has 0 radical (unpaired) electrons. The molecule has 3 aromatic carbocycles. The lowest BCUT2D eigenvalue weighted by molar-refractivity contribution is -0.118. The van der Waals surface area contributed by atoms with E-state index in [-0.39, 0.29) is 18.2 Å². The first-order chi connectivity index (χ1) is 19.0. The summed E-state index contributed by atoms with van der Waals surface area (Å²) in [4.78, 5) is 19.3. The van der Waals surface area contributed by atoms with Crippen LogP contribution in [0.1, 0.15) is 12.5 Å². The van der Waals surface area contributed by atoms with Gasteiger partial charge in [0.1, 0.15) is 17.3 Å². The van der Waals surface area contributed by atoms with E-state index in [0.29, 0.717) is 16.2 Å². The number of halogens is 1. The van der Waals surface area contributed by atoms with Gasteiger partial charge < -0.3 is 19.7 Å². The number of aromatic nitrogens is 1. The van der Waals surface area contributed by atoms with E-state index in [2.05, 4.69) is 39.5 Å². The van der Waals surface area contributed by atoms with Gasteiger partial charge in [0.2, 0.25) is 4.80 Å². The number of rotatable bonds is 5. The van der Waals surface area contributed by atoms with Crippen molar-refractivity contribution in [1.29, 1.82) is 0 Å². The predicted molar refractivity (Wildman–Crippen MR) is 151 cm³/mol. The number of ether oxygens (including phenoxy) is 2. The third kappa shape index (κ3) is 5.34. The normalized spacial score (nSPS) is 16.1. The first-order valence-corrected chi connectivity index (χ1v) is 13.5. The van der Waals surface area contributed by atoms with Gasteiger partial charge in [-0.1, -0.05) is 24.3 Å². The van der Waals surface area contributed by atoms with Crippen LogP contribution in [0.4, 0.5) is 21.5 Å². The number of benzene rings is 3. The quantitative estimate of drug-likeness (QED) is 0.358. The summed E-state index contributed by atoms with van der Waals surface area (Å²) >= 11 is 1.36. The molecule has 1 amide bonds. The van der Waals surface area contributed by atoms with Crippen molar-refractivity contribution in [3.8, 4) is 17.0 Å². The van der Waals surface area contributed by atoms with Crippen LogP contribution in [0, 0.1) is 5.82 Å². The number of carbonyl (C=O) groups is 1. The van der Waals surface area contributed by atoms with Crippen LogP contribution in [-0.4, -0.2) is 49.2 Å². The largest absolute Gasteiger partial charge is 0.482 e. The smallest absolute Gasteiger partial charge is 0.262 e. The maximum absolute atomic E-state index is 14.5. The van der Waals surface area contributed by atoms with Gasteiger partial charge in [-0.2, -0.15) is 5.10 Å². The van der Waals surface area contributed by atoms with Crippen LogP contribution >= 0.6 is 11.3 Å². The van der Waals surface area contributed by atoms with Gasteiger partial charge in [0.05, 0.1) is 30.3 Å². The fourth-order valence-electron chi connectivity index (χ4n) is 4.50. The molecule has 1 aromatic heterocycles. The van der Waals surface area contributed by atoms with Gasteiger partial charge in [-0.25, -0.2) is 14.1 Å². The van der Waals surface area contributed by atoms with E-state index in [0.717, 1.165) is 54.5 Å². The third-order valence-electron chi connectivity index (χ3n) is 6.57. The Morgan fingerprint density at radius 3 is 2.64 bits per heavy atom. The third-order valence-corrected chi connectivity index (χ3v) is 7.39. The maximum Gasteiger partial charge on any atom is 0.262 e. The Morgan fingerprint density at radius 1 is 1.05 bits per heavy atom. The molecule has 0 spiro atoms. The summed E-state index contributed by atoms with van der Waals surface area (Å²) in [5, 5.41) is 9.71. The molecule has 0 atom stereocenters. The number of hydrogen-bond donors (Lipinski definition) is 1. The molecule has 0 bridgehead atoms. The minimum atomic E-state index is -0.410. The number of para-hydroxylation sites is 1. The Bertz CT molecular complexity index is 1620. The molecular weight excluding hydrogens is 517 g/mol. The first kappa shape index (κ1) is 25.0. The summed E-state index contributed by atoms with van der Waals surface area (Å²) in [5.74, 6) is -0.00837. The molecule has 10 heteroatoms. The highest BCUT2D eigenvalue weighted by Gasteiger charge is 2.18. The lowest BCUT2D eigenvalue weighted by Gasteiger charge is -2.28. The second-order valence-electron chi connectivity index (χ2n) is 9.16. The molecule has 1 saturated heterocycles. The molecule has 39 heavy (non-hydrogen) atoms. The number of fused-ring (bicyclic) bond motifs is 1. The van der Waals surface area contributed by atoms with Crippen molar-refractivity contribution in [3.05, 3.63) is 88.3 Å². The van der Waals surface area contributed by atoms with Crippen molar-refractivity contribution < 1.29 is 18.7 Å². The molecule has 0 unspecified atom stereocenters. The van der Waals surface area contributed by atoms with Crippen LogP contribution in [0.15, 0.2) is 82.2 Å². The number of carbonyl (C=O) groups excluding carboxylic acids is 1. The van der Waals surface area contributed by atoms with Crippen molar-refractivity contribution in [1.82, 2.24) is 4.68 Å². The molecule has 2 aliphatic heterocycles. The van der Waals surface area contributed by atoms with Gasteiger partial charge in [-0.05, 0) is 55.0 Å². The summed E-state index contributed by atoms with van der Waals surface area (Å²) < 4.78 is 27.2. The SMILES string of the molecule is CC(=Nn1c(-c2ccc3c(c2)NC(=O)CO3)csc1=Nc1ccccc1F)c1ccc(N2CCOCC2)cc1. The minimum absolute atomic E-state index is 0.00964. The molecule has 1 N–H and O–H groups in total. The van der Waals surface area contributed by atoms with E-state index >= 15 is 0 Å². The Balaban J connectivity index is 1.42. The summed E-state index contributed by atoms with van der Waals surface area (Å²) in [6.45, 7) is 5.12. The highest BCUT2D eigenvalue weighted by Crippen LogP contribution is 2.33. The van der Waals surface area contributed by atoms with E-state index < -0.39 is 5.82 Å². The number of hydrogen-bond acceptors (Lipinski definition) is 7. The van der Waals surface area contributed by atoms with E-state index in [1.54, 1.807) is 22.9 Å². The van der Waals surface area contributed by atoms with Gasteiger partial charge in [0.25, 0.3) is 5.91 Å². The number of morpholine rings is 1. The fourth-order valence-corrected chi connectivity index (χ4v) is 5.35. The number of nitrogens with zero attached hydrogens (tertiary/aromatic N) is 4. The van der Waals surface area contributed by atoms with Crippen molar-refractivity contribution in [2.24, 2.45) is 10.1 Å². The molecule has 8 nitrogen and oxygen atoms in total. The lowest BCUT2D eigenvalue weighted by Crippen LogP contribution is -2.36. The Morgan fingerprint density at radius 2 is 1.85 bits per heavy atom. The monoisotopic (exact) mass is 543 g/mol. The second-order valence-corrected chi connectivity index (χ2v) is 9.99. The number of thiazole rings is 1. The molecule has 1 fully saturated rings. The lowest BCUT2D eigenvalue weighted by atomic mass is 10.1. The zero-order valence-electron chi connectivity index (χ0n) is 21.3. The van der Waals surface area contributed by atoms with Gasteiger partial charge in [0.15, 0.2) is 6.61 Å². The Hall–Kier alpha value is -4.28. The van der Waals surface area contributed by atoms with Gasteiger partial charge in [-0.3, -0.25) is 4.79 Å². The van der Waals surface area contributed by atoms with Crippen molar-refractivity contribution in [2.45, 2.75) is 6.92 Å². The zero-order valence-corrected chi connectivity index (χ0v) is 22.1. The van der Waals surface area contributed by atoms with Crippen LogP contribution < -0.4 is 19.8 Å². The molecular formula is C29H26FN5O3S. The highest BCUT2D eigenvalue weighted by atomic mass is 32.1. The van der Waals surface area contributed by atoms with Crippen LogP contribution in [0.5, 0.6) is 5.75 Å². The molecule has 2 aliphatic rings. The van der Waals surface area contributed by atoms with E-state index in [9.17, 15) is 9.18 Å². The maximum atomic E-state index is 14.5. The summed E-state index contributed by atoms with van der Waals surface area (Å²) in [5.41, 5.74) is 5.26. The van der Waals surface area contributed by atoms with Crippen molar-refractivity contribution in [3.63, 3.8) is 0 Å². The Labute approximate surface area is 228 Å². The van der Waals surface area contributed by atoms with Crippen LogP contribution in [0.25, 0.3) is 11.3 Å². The van der Waals surface area contributed by atoms with Gasteiger partial charge in [0, 0.05) is 29.7 Å². The first-order valence-electron chi connectivity index (χ1n) is 12.6. The standard InChI is InChI=1S/C29H26FN5O3S/c1-19(20-6-9-22(10-7-20)34-12-14-37-15-13-34)33-35-26(18-39-29(35)32-24-5-3-2-4-23(24)30)21-8-11-27-25(16-21)31-28(36)17-38-27/h2-11,16,18H,12-15,17H2,1H3,(H,31,36). The molecule has 4 aromatic rings. The molecule has 3 heterocycles. The second kappa shape index (κ2) is 10.8. The van der Waals surface area contributed by atoms with Crippen LogP contribution in [0.3, 0.4) is 0 Å². The minimum Gasteiger partial charge on any atom is -0.482 e. The molecule has 0 aliphatic carbocycles. The average Bonchev–Trinajstić information content (AvgIpc) is 3.36. The van der Waals surface area contributed by atoms with E-state index in [4.69, 9.17) is 14.6 Å². The van der Waals surface area contributed by atoms with Crippen LogP contribution in [0.2, 0.25) is 0 Å². The zero-order chi connectivity index (χ0) is 26.8. The molecule has 198 valence electrons. The van der Waals surface area contributed by atoms with E-state index in [1.807, 2.05) is 30.5 Å². The molecule has 6 rings (SSSR count). The molecule has 0 saturated carbocycles. The average molecular weight is 544 g/mol. The number of amides is 1. The number of anilines is 2. The van der Waals surface area contributed by atoms with E-state index in [1.165, 1.54) is 17.4 Å². The van der Waals surface area contributed by atoms with Gasteiger partial charge >= 0.3 is 0 Å². The van der Waals surface area contributed by atoms with Crippen molar-refractivity contribution in [2.75, 3.05) is 43.1 Å². The Kier molecular flexibility index (Phi) is 6.95. The predicted octanol–water partition coefficient (Wildman–Crippen LogP) is 5.03. The number of nitrogens with one attached hydrogen (secondary N) is 1. The van der Waals surface area contributed by atoms with Crippen molar-refractivity contribution >= 4 is 40.0 Å². The summed E-state index contributed by atoms with van der Waals surface area (Å²) in [6.07, 6.45) is 0.